The van der Waals surface area contributed by atoms with Crippen molar-refractivity contribution >= 4 is 10.0 Å². The number of aryl methyl sites for hydroxylation is 1. The highest BCUT2D eigenvalue weighted by Crippen LogP contribution is 2.30. The zero-order valence-electron chi connectivity index (χ0n) is 11.5. The fraction of sp³-hybridized carbons (Fsp3) is 0.750. The Balaban J connectivity index is 2.44. The lowest BCUT2D eigenvalue weighted by atomic mass is 9.94. The molecule has 0 amide bonds. The zero-order valence-corrected chi connectivity index (χ0v) is 12.4. The van der Waals surface area contributed by atoms with Gasteiger partial charge in [-0.25, -0.2) is 8.42 Å². The number of aromatic nitrogens is 2. The predicted octanol–water partition coefficient (Wildman–Crippen LogP) is 1.02. The van der Waals surface area contributed by atoms with Gasteiger partial charge in [0.15, 0.2) is 0 Å². The van der Waals surface area contributed by atoms with E-state index in [1.807, 2.05) is 6.92 Å². The van der Waals surface area contributed by atoms with Crippen LogP contribution >= 0.6 is 0 Å². The van der Waals surface area contributed by atoms with Crippen molar-refractivity contribution in [3.63, 3.8) is 0 Å². The van der Waals surface area contributed by atoms with Gasteiger partial charge >= 0.3 is 0 Å². The van der Waals surface area contributed by atoms with Gasteiger partial charge in [-0.2, -0.15) is 9.40 Å². The van der Waals surface area contributed by atoms with Crippen LogP contribution in [0.15, 0.2) is 4.90 Å². The van der Waals surface area contributed by atoms with Crippen molar-refractivity contribution in [2.45, 2.75) is 51.2 Å². The fourth-order valence-corrected chi connectivity index (χ4v) is 4.76. The molecule has 2 N–H and O–H groups in total. The summed E-state index contributed by atoms with van der Waals surface area (Å²) in [7, 11) is -3.59. The van der Waals surface area contributed by atoms with E-state index < -0.39 is 10.0 Å². The first-order valence-corrected chi connectivity index (χ1v) is 8.00. The lowest BCUT2D eigenvalue weighted by Gasteiger charge is -2.36. The summed E-state index contributed by atoms with van der Waals surface area (Å²) in [5.74, 6) is 0.341. The number of sulfonamides is 1. The lowest BCUT2D eigenvalue weighted by molar-refractivity contribution is 0.201. The minimum Gasteiger partial charge on any atom is -0.390 e. The number of nitrogens with zero attached hydrogens (tertiary/aromatic N) is 2. The number of hydrogen-bond acceptors (Lipinski definition) is 4. The van der Waals surface area contributed by atoms with E-state index >= 15 is 0 Å². The molecule has 2 heterocycles. The monoisotopic (exact) mass is 287 g/mol. The Morgan fingerprint density at radius 2 is 2.16 bits per heavy atom. The maximum atomic E-state index is 12.8. The van der Waals surface area contributed by atoms with E-state index in [9.17, 15) is 13.5 Å². The van der Waals surface area contributed by atoms with Crippen LogP contribution in [0.1, 0.15) is 38.1 Å². The smallest absolute Gasteiger partial charge is 0.247 e. The molecule has 0 spiro atoms. The normalized spacial score (nSPS) is 25.7. The molecule has 1 aliphatic heterocycles. The minimum absolute atomic E-state index is 0.0282. The summed E-state index contributed by atoms with van der Waals surface area (Å²) in [6, 6.07) is -0.0282. The van der Waals surface area contributed by atoms with Crippen molar-refractivity contribution in [1.29, 1.82) is 0 Å². The van der Waals surface area contributed by atoms with Crippen LogP contribution in [-0.2, 0) is 16.6 Å². The molecule has 108 valence electrons. The van der Waals surface area contributed by atoms with E-state index in [1.54, 1.807) is 6.92 Å². The Labute approximate surface area is 113 Å². The third-order valence-electron chi connectivity index (χ3n) is 3.99. The Hall–Kier alpha value is -0.920. The number of piperidine rings is 1. The molecule has 6 nitrogen and oxygen atoms in total. The molecule has 1 aliphatic rings. The van der Waals surface area contributed by atoms with Gasteiger partial charge in [-0.15, -0.1) is 0 Å². The SMILES string of the molecule is Cc1[nH]nc(CO)c1S(=O)(=O)N1CCCC(C)C1C. The van der Waals surface area contributed by atoms with Gasteiger partial charge in [0.05, 0.1) is 12.3 Å². The largest absolute Gasteiger partial charge is 0.390 e. The molecule has 2 unspecified atom stereocenters. The summed E-state index contributed by atoms with van der Waals surface area (Å²) < 4.78 is 27.1. The minimum atomic E-state index is -3.59. The molecule has 0 bridgehead atoms. The Morgan fingerprint density at radius 3 is 2.79 bits per heavy atom. The second-order valence-corrected chi connectivity index (χ2v) is 7.09. The number of aromatic amines is 1. The van der Waals surface area contributed by atoms with Gasteiger partial charge in [0.2, 0.25) is 10.0 Å². The molecule has 0 aromatic carbocycles. The quantitative estimate of drug-likeness (QED) is 0.869. The van der Waals surface area contributed by atoms with Crippen molar-refractivity contribution in [2.75, 3.05) is 6.54 Å². The van der Waals surface area contributed by atoms with Crippen LogP contribution in [0.2, 0.25) is 0 Å². The van der Waals surface area contributed by atoms with Crippen LogP contribution in [0.3, 0.4) is 0 Å². The molecular weight excluding hydrogens is 266 g/mol. The first-order valence-electron chi connectivity index (χ1n) is 6.56. The number of rotatable bonds is 3. The van der Waals surface area contributed by atoms with Crippen LogP contribution in [0.25, 0.3) is 0 Å². The Bertz CT molecular complexity index is 553. The number of nitrogens with one attached hydrogen (secondary N) is 1. The predicted molar refractivity (Wildman–Crippen MR) is 71.0 cm³/mol. The van der Waals surface area contributed by atoms with Crippen LogP contribution in [0.4, 0.5) is 0 Å². The maximum Gasteiger partial charge on any atom is 0.247 e. The van der Waals surface area contributed by atoms with Gasteiger partial charge < -0.3 is 5.11 Å². The number of hydrogen-bond donors (Lipinski definition) is 2. The average molecular weight is 287 g/mol. The molecular formula is C12H21N3O3S. The molecule has 19 heavy (non-hydrogen) atoms. The van der Waals surface area contributed by atoms with Crippen LogP contribution in [0, 0.1) is 12.8 Å². The average Bonchev–Trinajstić information content (AvgIpc) is 2.74. The molecule has 1 aromatic rings. The van der Waals surface area contributed by atoms with E-state index in [2.05, 4.69) is 17.1 Å². The first-order chi connectivity index (χ1) is 8.89. The van der Waals surface area contributed by atoms with Crippen LogP contribution in [0.5, 0.6) is 0 Å². The van der Waals surface area contributed by atoms with E-state index in [1.165, 1.54) is 4.31 Å². The molecule has 0 radical (unpaired) electrons. The summed E-state index contributed by atoms with van der Waals surface area (Å²) >= 11 is 0. The second-order valence-electron chi connectivity index (χ2n) is 5.26. The van der Waals surface area contributed by atoms with Crippen molar-refractivity contribution < 1.29 is 13.5 Å². The maximum absolute atomic E-state index is 12.8. The Morgan fingerprint density at radius 1 is 1.47 bits per heavy atom. The molecule has 0 saturated carbocycles. The number of aliphatic hydroxyl groups excluding tert-OH is 1. The van der Waals surface area contributed by atoms with Crippen molar-refractivity contribution in [1.82, 2.24) is 14.5 Å². The van der Waals surface area contributed by atoms with Crippen molar-refractivity contribution in [2.24, 2.45) is 5.92 Å². The third-order valence-corrected chi connectivity index (χ3v) is 6.18. The molecule has 2 rings (SSSR count). The summed E-state index contributed by atoms with van der Waals surface area (Å²) in [5.41, 5.74) is 0.678. The molecule has 1 saturated heterocycles. The number of aliphatic hydroxyl groups is 1. The van der Waals surface area contributed by atoms with Crippen LogP contribution in [-0.4, -0.2) is 40.6 Å². The van der Waals surface area contributed by atoms with E-state index in [0.717, 1.165) is 12.8 Å². The first kappa shape index (κ1) is 14.5. The topological polar surface area (TPSA) is 86.3 Å². The van der Waals surface area contributed by atoms with Gasteiger partial charge in [-0.1, -0.05) is 6.92 Å². The number of H-pyrrole nitrogens is 1. The molecule has 2 atom stereocenters. The fourth-order valence-electron chi connectivity index (χ4n) is 2.67. The van der Waals surface area contributed by atoms with Gasteiger partial charge in [-0.3, -0.25) is 5.10 Å². The van der Waals surface area contributed by atoms with Crippen molar-refractivity contribution in [3.05, 3.63) is 11.4 Å². The molecule has 0 aliphatic carbocycles. The summed E-state index contributed by atoms with van der Waals surface area (Å²) in [6.07, 6.45) is 1.92. The second kappa shape index (κ2) is 5.22. The highest BCUT2D eigenvalue weighted by atomic mass is 32.2. The summed E-state index contributed by atoms with van der Waals surface area (Å²) in [6.45, 7) is 5.83. The standard InChI is InChI=1S/C12H21N3O3S/c1-8-5-4-6-15(10(8)3)19(17,18)12-9(2)13-14-11(12)7-16/h8,10,16H,4-7H2,1-3H3,(H,13,14). The Kier molecular flexibility index (Phi) is 3.98. The molecule has 1 aromatic heterocycles. The van der Waals surface area contributed by atoms with Gasteiger partial charge in [0.25, 0.3) is 0 Å². The van der Waals surface area contributed by atoms with Crippen LogP contribution < -0.4 is 0 Å². The van der Waals surface area contributed by atoms with E-state index in [-0.39, 0.29) is 23.2 Å². The lowest BCUT2D eigenvalue weighted by Crippen LogP contribution is -2.46. The van der Waals surface area contributed by atoms with E-state index in [0.29, 0.717) is 18.2 Å². The van der Waals surface area contributed by atoms with Gasteiger partial charge in [0, 0.05) is 12.6 Å². The highest BCUT2D eigenvalue weighted by molar-refractivity contribution is 7.89. The summed E-state index contributed by atoms with van der Waals surface area (Å²) in [4.78, 5) is 0.135. The van der Waals surface area contributed by atoms with Crippen molar-refractivity contribution in [3.8, 4) is 0 Å². The zero-order chi connectivity index (χ0) is 14.2. The van der Waals surface area contributed by atoms with E-state index in [4.69, 9.17) is 0 Å². The van der Waals surface area contributed by atoms with Gasteiger partial charge in [0.1, 0.15) is 10.6 Å². The highest BCUT2D eigenvalue weighted by Gasteiger charge is 2.37. The summed E-state index contributed by atoms with van der Waals surface area (Å²) in [5, 5.41) is 15.7. The van der Waals surface area contributed by atoms with Gasteiger partial charge in [-0.05, 0) is 32.6 Å². The molecule has 7 heteroatoms. The third kappa shape index (κ3) is 2.42. The molecule has 1 fully saturated rings.